The molecule has 66 valence electrons. The lowest BCUT2D eigenvalue weighted by molar-refractivity contribution is -0.159. The summed E-state index contributed by atoms with van der Waals surface area (Å²) >= 11 is 0. The minimum absolute atomic E-state index is 0.102. The van der Waals surface area contributed by atoms with Crippen LogP contribution >= 0.6 is 0 Å². The number of hydrogen-bond acceptors (Lipinski definition) is 4. The molecule has 2 N–H and O–H groups in total. The van der Waals surface area contributed by atoms with Crippen molar-refractivity contribution < 1.29 is 19.7 Å². The maximum Gasteiger partial charge on any atom is 0.111 e. The molecule has 4 nitrogen and oxygen atoms in total. The van der Waals surface area contributed by atoms with Crippen molar-refractivity contribution in [3.05, 3.63) is 0 Å². The lowest BCUT2D eigenvalue weighted by atomic mass is 10.0. The van der Waals surface area contributed by atoms with Crippen LogP contribution in [-0.2, 0) is 9.47 Å². The van der Waals surface area contributed by atoms with Gasteiger partial charge in [0, 0.05) is 13.7 Å². The maximum absolute atomic E-state index is 9.35. The summed E-state index contributed by atoms with van der Waals surface area (Å²) in [7, 11) is 1.51. The van der Waals surface area contributed by atoms with E-state index in [4.69, 9.17) is 14.6 Å². The number of rotatable bonds is 2. The normalized spacial score (nSPS) is 39.0. The Morgan fingerprint density at radius 2 is 2.36 bits per heavy atom. The zero-order valence-electron chi connectivity index (χ0n) is 6.56. The van der Waals surface area contributed by atoms with Crippen molar-refractivity contribution in [2.24, 2.45) is 0 Å². The first kappa shape index (κ1) is 8.93. The Balaban J connectivity index is 2.48. The highest BCUT2D eigenvalue weighted by Gasteiger charge is 2.32. The van der Waals surface area contributed by atoms with E-state index in [9.17, 15) is 5.11 Å². The van der Waals surface area contributed by atoms with E-state index in [-0.39, 0.29) is 18.8 Å². The van der Waals surface area contributed by atoms with E-state index in [1.165, 1.54) is 7.11 Å². The Labute approximate surface area is 65.7 Å². The molecule has 1 aliphatic rings. The molecule has 3 atom stereocenters. The molecule has 1 heterocycles. The smallest absolute Gasteiger partial charge is 0.111 e. The van der Waals surface area contributed by atoms with Crippen LogP contribution in [0.15, 0.2) is 0 Å². The van der Waals surface area contributed by atoms with Crippen LogP contribution in [0.3, 0.4) is 0 Å². The fourth-order valence-corrected chi connectivity index (χ4v) is 1.31. The Morgan fingerprint density at radius 3 is 2.82 bits per heavy atom. The number of aliphatic hydroxyl groups is 2. The van der Waals surface area contributed by atoms with Gasteiger partial charge in [0.2, 0.25) is 0 Å². The third-order valence-electron chi connectivity index (χ3n) is 1.94. The molecule has 11 heavy (non-hydrogen) atoms. The van der Waals surface area contributed by atoms with Gasteiger partial charge in [-0.1, -0.05) is 0 Å². The minimum atomic E-state index is -0.508. The number of hydrogen-bond donors (Lipinski definition) is 2. The standard InChI is InChI=1S/C7H14O4/c1-10-7-5(9)2-3-11-6(7)4-8/h5-9H,2-4H2,1H3/t5-,6-,7-/m1/s1. The van der Waals surface area contributed by atoms with E-state index in [1.807, 2.05) is 0 Å². The van der Waals surface area contributed by atoms with Gasteiger partial charge in [-0.15, -0.1) is 0 Å². The van der Waals surface area contributed by atoms with Crippen LogP contribution in [0.2, 0.25) is 0 Å². The molecule has 0 aromatic rings. The summed E-state index contributed by atoms with van der Waals surface area (Å²) in [6, 6.07) is 0. The maximum atomic E-state index is 9.35. The van der Waals surface area contributed by atoms with Gasteiger partial charge >= 0.3 is 0 Å². The van der Waals surface area contributed by atoms with Crippen LogP contribution in [0.25, 0.3) is 0 Å². The first-order chi connectivity index (χ1) is 5.29. The molecule has 0 amide bonds. The van der Waals surface area contributed by atoms with E-state index < -0.39 is 6.10 Å². The summed E-state index contributed by atoms with van der Waals surface area (Å²) in [5.74, 6) is 0. The summed E-state index contributed by atoms with van der Waals surface area (Å²) < 4.78 is 10.1. The van der Waals surface area contributed by atoms with Crippen LogP contribution in [0.5, 0.6) is 0 Å². The van der Waals surface area contributed by atoms with Gasteiger partial charge in [0.15, 0.2) is 0 Å². The van der Waals surface area contributed by atoms with Crippen molar-refractivity contribution in [2.75, 3.05) is 20.3 Å². The van der Waals surface area contributed by atoms with Gasteiger partial charge in [-0.05, 0) is 6.42 Å². The van der Waals surface area contributed by atoms with E-state index >= 15 is 0 Å². The molecule has 0 aromatic heterocycles. The third kappa shape index (κ3) is 1.90. The molecule has 0 bridgehead atoms. The topological polar surface area (TPSA) is 58.9 Å². The van der Waals surface area contributed by atoms with Crippen LogP contribution in [0.4, 0.5) is 0 Å². The van der Waals surface area contributed by atoms with Gasteiger partial charge in [-0.25, -0.2) is 0 Å². The van der Waals surface area contributed by atoms with E-state index in [0.717, 1.165) is 0 Å². The summed E-state index contributed by atoms with van der Waals surface area (Å²) in [4.78, 5) is 0. The second-order valence-corrected chi connectivity index (χ2v) is 2.65. The number of aliphatic hydroxyl groups excluding tert-OH is 2. The van der Waals surface area contributed by atoms with Gasteiger partial charge < -0.3 is 19.7 Å². The highest BCUT2D eigenvalue weighted by Crippen LogP contribution is 2.16. The largest absolute Gasteiger partial charge is 0.394 e. The first-order valence-electron chi connectivity index (χ1n) is 3.73. The Hall–Kier alpha value is -0.160. The molecule has 0 aliphatic carbocycles. The van der Waals surface area contributed by atoms with Crippen molar-refractivity contribution >= 4 is 0 Å². The van der Waals surface area contributed by atoms with Crippen LogP contribution in [0.1, 0.15) is 6.42 Å². The number of ether oxygens (including phenoxy) is 2. The van der Waals surface area contributed by atoms with Gasteiger partial charge in [-0.2, -0.15) is 0 Å². The molecule has 0 unspecified atom stereocenters. The third-order valence-corrected chi connectivity index (χ3v) is 1.94. The summed E-state index contributed by atoms with van der Waals surface area (Å²) in [6.07, 6.45) is -0.682. The predicted octanol–water partition coefficient (Wildman–Crippen LogP) is -0.857. The fraction of sp³-hybridized carbons (Fsp3) is 1.00. The summed E-state index contributed by atoms with van der Waals surface area (Å²) in [6.45, 7) is 0.391. The van der Waals surface area contributed by atoms with E-state index in [0.29, 0.717) is 13.0 Å². The monoisotopic (exact) mass is 162 g/mol. The van der Waals surface area contributed by atoms with Gasteiger partial charge in [0.25, 0.3) is 0 Å². The molecule has 1 aliphatic heterocycles. The molecule has 1 rings (SSSR count). The van der Waals surface area contributed by atoms with Gasteiger partial charge in [0.05, 0.1) is 12.7 Å². The van der Waals surface area contributed by atoms with Crippen molar-refractivity contribution in [3.8, 4) is 0 Å². The molecular weight excluding hydrogens is 148 g/mol. The second-order valence-electron chi connectivity index (χ2n) is 2.65. The Kier molecular flexibility index (Phi) is 3.26. The fourth-order valence-electron chi connectivity index (χ4n) is 1.31. The summed E-state index contributed by atoms with van der Waals surface area (Å²) in [5, 5.41) is 18.1. The Bertz CT molecular complexity index is 117. The lowest BCUT2D eigenvalue weighted by Crippen LogP contribution is -2.47. The van der Waals surface area contributed by atoms with Crippen molar-refractivity contribution in [1.82, 2.24) is 0 Å². The van der Waals surface area contributed by atoms with Crippen molar-refractivity contribution in [2.45, 2.75) is 24.7 Å². The molecule has 0 radical (unpaired) electrons. The average molecular weight is 162 g/mol. The van der Waals surface area contributed by atoms with Crippen molar-refractivity contribution in [3.63, 3.8) is 0 Å². The van der Waals surface area contributed by atoms with Crippen LogP contribution in [-0.4, -0.2) is 48.8 Å². The van der Waals surface area contributed by atoms with Gasteiger partial charge in [0.1, 0.15) is 12.2 Å². The van der Waals surface area contributed by atoms with Gasteiger partial charge in [-0.3, -0.25) is 0 Å². The molecule has 4 heteroatoms. The molecule has 0 aromatic carbocycles. The Morgan fingerprint density at radius 1 is 1.64 bits per heavy atom. The quantitative estimate of drug-likeness (QED) is 0.555. The highest BCUT2D eigenvalue weighted by molar-refractivity contribution is 4.81. The van der Waals surface area contributed by atoms with Crippen molar-refractivity contribution in [1.29, 1.82) is 0 Å². The molecule has 0 spiro atoms. The average Bonchev–Trinajstić information content (AvgIpc) is 2.04. The lowest BCUT2D eigenvalue weighted by Gasteiger charge is -2.33. The van der Waals surface area contributed by atoms with Crippen LogP contribution in [0, 0.1) is 0 Å². The SMILES string of the molecule is CO[C@@H]1[C@H](O)CCO[C@@H]1CO. The summed E-state index contributed by atoms with van der Waals surface area (Å²) in [5.41, 5.74) is 0. The predicted molar refractivity (Wildman–Crippen MR) is 38.2 cm³/mol. The minimum Gasteiger partial charge on any atom is -0.394 e. The second kappa shape index (κ2) is 4.01. The number of methoxy groups -OCH3 is 1. The van der Waals surface area contributed by atoms with E-state index in [2.05, 4.69) is 0 Å². The molecule has 1 saturated heterocycles. The highest BCUT2D eigenvalue weighted by atomic mass is 16.6. The molecular formula is C7H14O4. The molecule has 0 saturated carbocycles. The zero-order chi connectivity index (χ0) is 8.27. The first-order valence-corrected chi connectivity index (χ1v) is 3.73. The zero-order valence-corrected chi connectivity index (χ0v) is 6.56. The van der Waals surface area contributed by atoms with Crippen LogP contribution < -0.4 is 0 Å². The van der Waals surface area contributed by atoms with E-state index in [1.54, 1.807) is 0 Å². The molecule has 1 fully saturated rings.